The average molecular weight is 249 g/mol. The van der Waals surface area contributed by atoms with E-state index >= 15 is 0 Å². The van der Waals surface area contributed by atoms with Gasteiger partial charge in [-0.1, -0.05) is 24.6 Å². The Bertz CT molecular complexity index is 571. The van der Waals surface area contributed by atoms with Crippen LogP contribution in [0.2, 0.25) is 0 Å². The highest BCUT2D eigenvalue weighted by Gasteiger charge is 2.29. The summed E-state index contributed by atoms with van der Waals surface area (Å²) >= 11 is 0. The average Bonchev–Trinajstić information content (AvgIpc) is 2.50. The largest absolute Gasteiger partial charge is 0.309 e. The van der Waals surface area contributed by atoms with Crippen LogP contribution in [0.25, 0.3) is 6.08 Å². The molecule has 90 valence electrons. The van der Waals surface area contributed by atoms with Crippen molar-refractivity contribution < 1.29 is 8.42 Å². The fourth-order valence-electron chi connectivity index (χ4n) is 2.24. The minimum atomic E-state index is -3.23. The molecule has 3 nitrogen and oxygen atoms in total. The van der Waals surface area contributed by atoms with Gasteiger partial charge in [0.1, 0.15) is 0 Å². The van der Waals surface area contributed by atoms with Crippen LogP contribution in [-0.2, 0) is 9.84 Å². The minimum Gasteiger partial charge on any atom is -0.309 e. The van der Waals surface area contributed by atoms with Crippen LogP contribution in [0.1, 0.15) is 24.8 Å². The van der Waals surface area contributed by atoms with E-state index in [1.165, 1.54) is 19.3 Å². The molecular formula is C13H15NO2S. The van der Waals surface area contributed by atoms with Gasteiger partial charge in [0.15, 0.2) is 0 Å². The summed E-state index contributed by atoms with van der Waals surface area (Å²) in [6.07, 6.45) is 5.38. The normalized spacial score (nSPS) is 21.8. The monoisotopic (exact) mass is 249 g/mol. The molecule has 1 aromatic rings. The van der Waals surface area contributed by atoms with E-state index < -0.39 is 9.84 Å². The molecule has 0 amide bonds. The molecule has 17 heavy (non-hydrogen) atoms. The third-order valence-corrected chi connectivity index (χ3v) is 5.44. The molecule has 1 aromatic carbocycles. The van der Waals surface area contributed by atoms with E-state index in [9.17, 15) is 8.42 Å². The van der Waals surface area contributed by atoms with Crippen LogP contribution in [-0.4, -0.2) is 21.0 Å². The van der Waals surface area contributed by atoms with Crippen LogP contribution in [0.15, 0.2) is 34.1 Å². The number of nitrogens with one attached hydrogen (secondary N) is 1. The summed E-state index contributed by atoms with van der Waals surface area (Å²) in [7, 11) is -3.23. The Morgan fingerprint density at radius 3 is 2.65 bits per heavy atom. The molecule has 1 saturated carbocycles. The zero-order valence-electron chi connectivity index (χ0n) is 9.52. The van der Waals surface area contributed by atoms with Crippen molar-refractivity contribution in [1.29, 1.82) is 0 Å². The molecule has 0 unspecified atom stereocenters. The summed E-state index contributed by atoms with van der Waals surface area (Å²) in [4.78, 5) is 0.955. The van der Waals surface area contributed by atoms with Crippen molar-refractivity contribution in [2.75, 3.05) is 6.54 Å². The summed E-state index contributed by atoms with van der Waals surface area (Å²) in [6, 6.07) is 7.68. The van der Waals surface area contributed by atoms with Crippen molar-refractivity contribution in [1.82, 2.24) is 5.32 Å². The maximum atomic E-state index is 12.2. The zero-order valence-corrected chi connectivity index (χ0v) is 10.3. The van der Waals surface area contributed by atoms with E-state index in [-0.39, 0.29) is 0 Å². The molecule has 2 aliphatic rings. The first-order valence-electron chi connectivity index (χ1n) is 5.96. The van der Waals surface area contributed by atoms with Gasteiger partial charge in [0.25, 0.3) is 0 Å². The van der Waals surface area contributed by atoms with Crippen molar-refractivity contribution in [3.63, 3.8) is 0 Å². The van der Waals surface area contributed by atoms with Gasteiger partial charge >= 0.3 is 0 Å². The van der Waals surface area contributed by atoms with Crippen LogP contribution in [0.3, 0.4) is 0 Å². The standard InChI is InChI=1S/C13H15NO2S/c15-17(16)12(9-14-11-5-3-6-11)8-10-4-1-2-7-13(10)17/h1-2,4,7-8,11,14H,3,5-6,9H2. The van der Waals surface area contributed by atoms with Gasteiger partial charge in [-0.2, -0.15) is 0 Å². The first-order valence-corrected chi connectivity index (χ1v) is 7.44. The van der Waals surface area contributed by atoms with Gasteiger partial charge in [-0.05, 0) is 30.5 Å². The molecule has 1 N–H and O–H groups in total. The number of benzene rings is 1. The number of hydrogen-bond donors (Lipinski definition) is 1. The van der Waals surface area contributed by atoms with Crippen LogP contribution in [0, 0.1) is 0 Å². The lowest BCUT2D eigenvalue weighted by Gasteiger charge is -2.26. The maximum Gasteiger partial charge on any atom is 0.204 e. The van der Waals surface area contributed by atoms with Gasteiger partial charge in [-0.3, -0.25) is 0 Å². The second-order valence-electron chi connectivity index (χ2n) is 4.66. The second kappa shape index (κ2) is 3.96. The molecule has 0 bridgehead atoms. The first-order chi connectivity index (χ1) is 8.18. The van der Waals surface area contributed by atoms with Crippen LogP contribution < -0.4 is 5.32 Å². The van der Waals surface area contributed by atoms with Crippen molar-refractivity contribution >= 4 is 15.9 Å². The van der Waals surface area contributed by atoms with E-state index in [2.05, 4.69) is 5.32 Å². The third-order valence-electron chi connectivity index (χ3n) is 3.54. The van der Waals surface area contributed by atoms with Crippen molar-refractivity contribution in [3.05, 3.63) is 34.7 Å². The molecule has 0 radical (unpaired) electrons. The van der Waals surface area contributed by atoms with Gasteiger partial charge in [0.05, 0.1) is 9.80 Å². The quantitative estimate of drug-likeness (QED) is 0.890. The fraction of sp³-hybridized carbons (Fsp3) is 0.385. The summed E-state index contributed by atoms with van der Waals surface area (Å²) < 4.78 is 24.4. The van der Waals surface area contributed by atoms with Gasteiger partial charge in [-0.15, -0.1) is 0 Å². The Hall–Kier alpha value is -1.13. The zero-order chi connectivity index (χ0) is 11.9. The molecule has 4 heteroatoms. The van der Waals surface area contributed by atoms with Crippen LogP contribution in [0.4, 0.5) is 0 Å². The summed E-state index contributed by atoms with van der Waals surface area (Å²) in [6.45, 7) is 0.460. The Morgan fingerprint density at radius 1 is 1.24 bits per heavy atom. The Balaban J connectivity index is 1.83. The molecule has 1 fully saturated rings. The van der Waals surface area contributed by atoms with E-state index in [0.29, 0.717) is 22.4 Å². The Labute approximate surface area is 101 Å². The van der Waals surface area contributed by atoms with Crippen molar-refractivity contribution in [3.8, 4) is 0 Å². The molecule has 3 rings (SSSR count). The number of rotatable bonds is 3. The van der Waals surface area contributed by atoms with Crippen LogP contribution >= 0.6 is 0 Å². The van der Waals surface area contributed by atoms with E-state index in [4.69, 9.17) is 0 Å². The van der Waals surface area contributed by atoms with Crippen molar-refractivity contribution in [2.24, 2.45) is 0 Å². The lowest BCUT2D eigenvalue weighted by Crippen LogP contribution is -2.36. The third kappa shape index (κ3) is 1.81. The minimum absolute atomic E-state index is 0.449. The SMILES string of the molecule is O=S1(=O)C(CNC2CCC2)=Cc2ccccc21. The summed E-state index contributed by atoms with van der Waals surface area (Å²) in [5.41, 5.74) is 0.818. The molecular weight excluding hydrogens is 234 g/mol. The molecule has 0 spiro atoms. The highest BCUT2D eigenvalue weighted by Crippen LogP contribution is 2.32. The van der Waals surface area contributed by atoms with Gasteiger partial charge in [0.2, 0.25) is 9.84 Å². The fourth-order valence-corrected chi connectivity index (χ4v) is 3.77. The Morgan fingerprint density at radius 2 is 2.00 bits per heavy atom. The number of sulfone groups is 1. The molecule has 1 aliphatic heterocycles. The lowest BCUT2D eigenvalue weighted by atomic mass is 9.93. The lowest BCUT2D eigenvalue weighted by molar-refractivity contribution is 0.351. The van der Waals surface area contributed by atoms with Gasteiger partial charge < -0.3 is 5.32 Å². The molecule has 0 saturated heterocycles. The summed E-state index contributed by atoms with van der Waals surface area (Å²) in [5, 5.41) is 3.30. The Kier molecular flexibility index (Phi) is 2.56. The predicted molar refractivity (Wildman–Crippen MR) is 67.2 cm³/mol. The second-order valence-corrected chi connectivity index (χ2v) is 6.63. The van der Waals surface area contributed by atoms with Gasteiger partial charge in [-0.25, -0.2) is 8.42 Å². The number of fused-ring (bicyclic) bond motifs is 1. The molecule has 0 aromatic heterocycles. The van der Waals surface area contributed by atoms with E-state index in [1.54, 1.807) is 18.2 Å². The number of hydrogen-bond acceptors (Lipinski definition) is 3. The highest BCUT2D eigenvalue weighted by atomic mass is 32.2. The molecule has 1 heterocycles. The molecule has 1 aliphatic carbocycles. The first kappa shape index (κ1) is 11.0. The van der Waals surface area contributed by atoms with Gasteiger partial charge in [0, 0.05) is 12.6 Å². The topological polar surface area (TPSA) is 46.2 Å². The van der Waals surface area contributed by atoms with E-state index in [1.807, 2.05) is 12.1 Å². The van der Waals surface area contributed by atoms with Crippen LogP contribution in [0.5, 0.6) is 0 Å². The molecule has 0 atom stereocenters. The summed E-state index contributed by atoms with van der Waals surface area (Å²) in [5.74, 6) is 0. The maximum absolute atomic E-state index is 12.2. The highest BCUT2D eigenvalue weighted by molar-refractivity contribution is 7.95. The van der Waals surface area contributed by atoms with E-state index in [0.717, 1.165) is 5.56 Å². The smallest absolute Gasteiger partial charge is 0.204 e. The van der Waals surface area contributed by atoms with Crippen molar-refractivity contribution in [2.45, 2.75) is 30.2 Å². The predicted octanol–water partition coefficient (Wildman–Crippen LogP) is 1.96.